The molecule has 0 aromatic rings. The maximum atomic E-state index is 12.6. The van der Waals surface area contributed by atoms with Crippen molar-refractivity contribution in [2.24, 2.45) is 11.8 Å². The Labute approximate surface area is 128 Å². The Balaban J connectivity index is 0.00000147. The van der Waals surface area contributed by atoms with Crippen LogP contribution in [0.2, 0.25) is 0 Å². The zero-order valence-electron chi connectivity index (χ0n) is 12.5. The summed E-state index contributed by atoms with van der Waals surface area (Å²) in [5.74, 6) is 1.92. The summed E-state index contributed by atoms with van der Waals surface area (Å²) in [6, 6.07) is 0.0868. The van der Waals surface area contributed by atoms with Crippen molar-refractivity contribution in [2.45, 2.75) is 38.6 Å². The molecule has 1 amide bonds. The van der Waals surface area contributed by atoms with Crippen LogP contribution in [0.25, 0.3) is 0 Å². The number of likely N-dealkylation sites (tertiary alicyclic amines) is 2. The Kier molecular flexibility index (Phi) is 5.70. The van der Waals surface area contributed by atoms with Crippen LogP contribution in [0.15, 0.2) is 0 Å². The first-order chi connectivity index (χ1) is 9.25. The normalized spacial score (nSPS) is 32.4. The smallest absolute Gasteiger partial charge is 0.239 e. The standard InChI is InChI=1S/C15H27N3O.ClH/c1-12(15(19)17-6-4-2-3-5-7-17)18-10-13-8-16-9-14(13)11-18;/h12-14,16H,2-11H2,1H3;1H/t12?,13-,14+;. The van der Waals surface area contributed by atoms with Crippen molar-refractivity contribution in [1.82, 2.24) is 15.1 Å². The van der Waals surface area contributed by atoms with Crippen LogP contribution in [0.3, 0.4) is 0 Å². The minimum absolute atomic E-state index is 0. The Morgan fingerprint density at radius 1 is 1.05 bits per heavy atom. The van der Waals surface area contributed by atoms with Crippen LogP contribution < -0.4 is 5.32 Å². The summed E-state index contributed by atoms with van der Waals surface area (Å²) in [5, 5.41) is 3.46. The van der Waals surface area contributed by atoms with E-state index in [1.165, 1.54) is 25.7 Å². The molecule has 0 spiro atoms. The summed E-state index contributed by atoms with van der Waals surface area (Å²) in [5.41, 5.74) is 0. The monoisotopic (exact) mass is 301 g/mol. The first-order valence-corrected chi connectivity index (χ1v) is 7.99. The fourth-order valence-electron chi connectivity index (χ4n) is 3.92. The van der Waals surface area contributed by atoms with Gasteiger partial charge in [0, 0.05) is 26.2 Å². The summed E-state index contributed by atoms with van der Waals surface area (Å²) in [6.07, 6.45) is 4.96. The number of nitrogens with one attached hydrogen (secondary N) is 1. The summed E-state index contributed by atoms with van der Waals surface area (Å²) in [7, 11) is 0. The average Bonchev–Trinajstić information content (AvgIpc) is 2.89. The SMILES string of the molecule is CC(C(=O)N1CCCCCC1)N1C[C@H]2CNC[C@H]2C1.Cl. The fourth-order valence-corrected chi connectivity index (χ4v) is 3.92. The van der Waals surface area contributed by atoms with Gasteiger partial charge in [-0.25, -0.2) is 0 Å². The topological polar surface area (TPSA) is 35.6 Å². The van der Waals surface area contributed by atoms with E-state index < -0.39 is 0 Å². The highest BCUT2D eigenvalue weighted by molar-refractivity contribution is 5.85. The Morgan fingerprint density at radius 2 is 1.60 bits per heavy atom. The number of rotatable bonds is 2. The molecule has 3 saturated heterocycles. The van der Waals surface area contributed by atoms with Gasteiger partial charge in [0.25, 0.3) is 0 Å². The average molecular weight is 302 g/mol. The quantitative estimate of drug-likeness (QED) is 0.836. The van der Waals surface area contributed by atoms with Crippen molar-refractivity contribution >= 4 is 18.3 Å². The van der Waals surface area contributed by atoms with E-state index in [9.17, 15) is 4.79 Å². The number of carbonyl (C=O) groups excluding carboxylic acids is 1. The first-order valence-electron chi connectivity index (χ1n) is 7.99. The molecule has 116 valence electrons. The van der Waals surface area contributed by atoms with Gasteiger partial charge in [-0.2, -0.15) is 0 Å². The van der Waals surface area contributed by atoms with Gasteiger partial charge in [-0.15, -0.1) is 12.4 Å². The molecule has 0 saturated carbocycles. The van der Waals surface area contributed by atoms with Gasteiger partial charge < -0.3 is 10.2 Å². The second kappa shape index (κ2) is 7.10. The summed E-state index contributed by atoms with van der Waals surface area (Å²) in [4.78, 5) is 17.2. The van der Waals surface area contributed by atoms with E-state index in [0.717, 1.165) is 51.1 Å². The van der Waals surface area contributed by atoms with Crippen molar-refractivity contribution in [3.8, 4) is 0 Å². The number of carbonyl (C=O) groups is 1. The van der Waals surface area contributed by atoms with Gasteiger partial charge in [-0.3, -0.25) is 9.69 Å². The Bertz CT molecular complexity index is 319. The molecule has 3 heterocycles. The fraction of sp³-hybridized carbons (Fsp3) is 0.933. The molecule has 5 heteroatoms. The maximum absolute atomic E-state index is 12.6. The second-order valence-corrected chi connectivity index (χ2v) is 6.55. The number of halogens is 1. The highest BCUT2D eigenvalue weighted by atomic mass is 35.5. The van der Waals surface area contributed by atoms with E-state index in [-0.39, 0.29) is 18.4 Å². The lowest BCUT2D eigenvalue weighted by Crippen LogP contribution is -2.47. The number of hydrogen-bond acceptors (Lipinski definition) is 3. The molecular formula is C15H28ClN3O. The minimum Gasteiger partial charge on any atom is -0.341 e. The van der Waals surface area contributed by atoms with Crippen molar-refractivity contribution in [3.63, 3.8) is 0 Å². The molecule has 3 aliphatic heterocycles. The van der Waals surface area contributed by atoms with Crippen molar-refractivity contribution < 1.29 is 4.79 Å². The lowest BCUT2D eigenvalue weighted by molar-refractivity contribution is -0.136. The molecule has 3 rings (SSSR count). The van der Waals surface area contributed by atoms with E-state index >= 15 is 0 Å². The lowest BCUT2D eigenvalue weighted by Gasteiger charge is -2.30. The molecule has 20 heavy (non-hydrogen) atoms. The van der Waals surface area contributed by atoms with Gasteiger partial charge in [-0.05, 0) is 44.7 Å². The molecule has 0 aliphatic carbocycles. The maximum Gasteiger partial charge on any atom is 0.239 e. The number of fused-ring (bicyclic) bond motifs is 1. The van der Waals surface area contributed by atoms with Crippen LogP contribution in [-0.4, -0.2) is 61.0 Å². The highest BCUT2D eigenvalue weighted by Crippen LogP contribution is 2.28. The summed E-state index contributed by atoms with van der Waals surface area (Å²) >= 11 is 0. The number of nitrogens with zero attached hydrogens (tertiary/aromatic N) is 2. The van der Waals surface area contributed by atoms with Gasteiger partial charge in [-0.1, -0.05) is 12.8 Å². The summed E-state index contributed by atoms with van der Waals surface area (Å²) < 4.78 is 0. The highest BCUT2D eigenvalue weighted by Gasteiger charge is 2.40. The Morgan fingerprint density at radius 3 is 2.15 bits per heavy atom. The molecule has 3 fully saturated rings. The zero-order chi connectivity index (χ0) is 13.2. The first kappa shape index (κ1) is 16.1. The summed E-state index contributed by atoms with van der Waals surface area (Å²) in [6.45, 7) is 8.58. The largest absolute Gasteiger partial charge is 0.341 e. The van der Waals surface area contributed by atoms with Crippen molar-refractivity contribution in [1.29, 1.82) is 0 Å². The Hall–Kier alpha value is -0.320. The van der Waals surface area contributed by atoms with Crippen molar-refractivity contribution in [2.75, 3.05) is 39.3 Å². The molecule has 3 aliphatic rings. The van der Waals surface area contributed by atoms with E-state index in [0.29, 0.717) is 5.91 Å². The molecule has 1 unspecified atom stereocenters. The van der Waals surface area contributed by atoms with Gasteiger partial charge in [0.2, 0.25) is 5.91 Å². The molecule has 1 N–H and O–H groups in total. The van der Waals surface area contributed by atoms with Crippen LogP contribution in [0, 0.1) is 11.8 Å². The third-order valence-electron chi connectivity index (χ3n) is 5.24. The molecule has 0 aromatic carbocycles. The van der Waals surface area contributed by atoms with E-state index in [4.69, 9.17) is 0 Å². The van der Waals surface area contributed by atoms with Gasteiger partial charge >= 0.3 is 0 Å². The van der Waals surface area contributed by atoms with Crippen LogP contribution in [0.1, 0.15) is 32.6 Å². The van der Waals surface area contributed by atoms with Gasteiger partial charge in [0.1, 0.15) is 0 Å². The van der Waals surface area contributed by atoms with E-state index in [2.05, 4.69) is 22.0 Å². The third kappa shape index (κ3) is 3.29. The molecule has 0 radical (unpaired) electrons. The van der Waals surface area contributed by atoms with Crippen molar-refractivity contribution in [3.05, 3.63) is 0 Å². The molecular weight excluding hydrogens is 274 g/mol. The number of hydrogen-bond donors (Lipinski definition) is 1. The third-order valence-corrected chi connectivity index (χ3v) is 5.24. The van der Waals surface area contributed by atoms with Crippen LogP contribution >= 0.6 is 12.4 Å². The molecule has 0 aromatic heterocycles. The van der Waals surface area contributed by atoms with E-state index in [1.54, 1.807) is 0 Å². The second-order valence-electron chi connectivity index (χ2n) is 6.55. The number of amides is 1. The van der Waals surface area contributed by atoms with E-state index in [1.807, 2.05) is 0 Å². The molecule has 0 bridgehead atoms. The molecule has 4 nitrogen and oxygen atoms in total. The van der Waals surface area contributed by atoms with Crippen LogP contribution in [0.4, 0.5) is 0 Å². The lowest BCUT2D eigenvalue weighted by atomic mass is 10.0. The molecule has 3 atom stereocenters. The van der Waals surface area contributed by atoms with Gasteiger partial charge in [0.05, 0.1) is 6.04 Å². The zero-order valence-corrected chi connectivity index (χ0v) is 13.3. The predicted octanol–water partition coefficient (Wildman–Crippen LogP) is 1.35. The minimum atomic E-state index is 0. The van der Waals surface area contributed by atoms with Gasteiger partial charge in [0.15, 0.2) is 0 Å². The van der Waals surface area contributed by atoms with Crippen LogP contribution in [0.5, 0.6) is 0 Å². The van der Waals surface area contributed by atoms with Crippen LogP contribution in [-0.2, 0) is 4.79 Å². The predicted molar refractivity (Wildman–Crippen MR) is 83.2 cm³/mol.